The topological polar surface area (TPSA) is 88.1 Å². The summed E-state index contributed by atoms with van der Waals surface area (Å²) >= 11 is 0. The second-order valence-electron chi connectivity index (χ2n) is 6.83. The third kappa shape index (κ3) is 5.59. The highest BCUT2D eigenvalue weighted by Gasteiger charge is 2.17. The van der Waals surface area contributed by atoms with Gasteiger partial charge in [0.15, 0.2) is 5.69 Å². The molecule has 0 spiro atoms. The summed E-state index contributed by atoms with van der Waals surface area (Å²) in [5.41, 5.74) is 0.961. The number of aromatic nitrogens is 3. The largest absolute Gasteiger partial charge is 0.491 e. The number of rotatable bonds is 9. The standard InChI is InChI=1S/C21H22FN5O2/c1-27(2)9-4-3-5-10-28-18-7-6-8-24-19(18)20-25-21(29-26-20)16-11-15(14-23)12-17(22)13-16/h6-8,11-13H,3-5,9-10H2,1-2H3. The third-order valence-corrected chi connectivity index (χ3v) is 4.19. The summed E-state index contributed by atoms with van der Waals surface area (Å²) in [5.74, 6) is 0.363. The minimum atomic E-state index is -0.546. The van der Waals surface area contributed by atoms with Crippen molar-refractivity contribution in [2.24, 2.45) is 0 Å². The van der Waals surface area contributed by atoms with E-state index in [0.717, 1.165) is 31.9 Å². The van der Waals surface area contributed by atoms with E-state index in [1.165, 1.54) is 12.1 Å². The molecule has 3 aromatic rings. The molecule has 0 fully saturated rings. The van der Waals surface area contributed by atoms with E-state index in [1.54, 1.807) is 18.3 Å². The third-order valence-electron chi connectivity index (χ3n) is 4.19. The molecule has 0 saturated carbocycles. The minimum absolute atomic E-state index is 0.108. The lowest BCUT2D eigenvalue weighted by Gasteiger charge is -2.10. The van der Waals surface area contributed by atoms with Gasteiger partial charge in [-0.25, -0.2) is 9.37 Å². The fourth-order valence-electron chi connectivity index (χ4n) is 2.78. The fraction of sp³-hybridized carbons (Fsp3) is 0.333. The van der Waals surface area contributed by atoms with Crippen LogP contribution in [-0.4, -0.2) is 47.3 Å². The van der Waals surface area contributed by atoms with Gasteiger partial charge in [-0.15, -0.1) is 0 Å². The average molecular weight is 395 g/mol. The molecule has 0 aliphatic heterocycles. The van der Waals surface area contributed by atoms with Crippen molar-refractivity contribution in [1.29, 1.82) is 5.26 Å². The van der Waals surface area contributed by atoms with E-state index in [-0.39, 0.29) is 17.3 Å². The van der Waals surface area contributed by atoms with Crippen LogP contribution >= 0.6 is 0 Å². The maximum absolute atomic E-state index is 13.7. The summed E-state index contributed by atoms with van der Waals surface area (Å²) < 4.78 is 24.8. The van der Waals surface area contributed by atoms with Gasteiger partial charge in [0.05, 0.1) is 18.2 Å². The molecule has 150 valence electrons. The first kappa shape index (κ1) is 20.4. The molecular formula is C21H22FN5O2. The fourth-order valence-corrected chi connectivity index (χ4v) is 2.78. The Morgan fingerprint density at radius 3 is 2.86 bits per heavy atom. The van der Waals surface area contributed by atoms with Crippen LogP contribution in [0.5, 0.6) is 5.75 Å². The van der Waals surface area contributed by atoms with Crippen LogP contribution < -0.4 is 4.74 Å². The molecule has 7 nitrogen and oxygen atoms in total. The number of ether oxygens (including phenoxy) is 1. The van der Waals surface area contributed by atoms with Gasteiger partial charge >= 0.3 is 0 Å². The van der Waals surface area contributed by atoms with Crippen LogP contribution in [0.2, 0.25) is 0 Å². The van der Waals surface area contributed by atoms with Gasteiger partial charge in [-0.2, -0.15) is 10.2 Å². The number of halogens is 1. The van der Waals surface area contributed by atoms with Gasteiger partial charge in [0.25, 0.3) is 5.89 Å². The number of nitrogens with zero attached hydrogens (tertiary/aromatic N) is 5. The highest BCUT2D eigenvalue weighted by molar-refractivity contribution is 5.62. The van der Waals surface area contributed by atoms with E-state index in [2.05, 4.69) is 34.1 Å². The van der Waals surface area contributed by atoms with Crippen molar-refractivity contribution in [3.05, 3.63) is 47.9 Å². The molecular weight excluding hydrogens is 373 g/mol. The van der Waals surface area contributed by atoms with Crippen LogP contribution in [-0.2, 0) is 0 Å². The van der Waals surface area contributed by atoms with Crippen LogP contribution in [0.1, 0.15) is 24.8 Å². The zero-order valence-corrected chi connectivity index (χ0v) is 16.4. The number of hydrogen-bond acceptors (Lipinski definition) is 7. The van der Waals surface area contributed by atoms with E-state index < -0.39 is 5.82 Å². The Labute approximate surface area is 168 Å². The quantitative estimate of drug-likeness (QED) is 0.507. The van der Waals surface area contributed by atoms with Crippen LogP contribution in [0.25, 0.3) is 23.0 Å². The van der Waals surface area contributed by atoms with Crippen LogP contribution in [0.15, 0.2) is 41.1 Å². The van der Waals surface area contributed by atoms with Crippen molar-refractivity contribution in [2.75, 3.05) is 27.2 Å². The predicted molar refractivity (Wildman–Crippen MR) is 106 cm³/mol. The van der Waals surface area contributed by atoms with Gasteiger partial charge in [0, 0.05) is 11.8 Å². The van der Waals surface area contributed by atoms with Crippen molar-refractivity contribution < 1.29 is 13.7 Å². The first-order chi connectivity index (χ1) is 14.1. The molecule has 0 aliphatic rings. The molecule has 0 radical (unpaired) electrons. The predicted octanol–water partition coefficient (Wildman–Crippen LogP) is 3.92. The smallest absolute Gasteiger partial charge is 0.258 e. The summed E-state index contributed by atoms with van der Waals surface area (Å²) in [6, 6.07) is 9.35. The van der Waals surface area contributed by atoms with Crippen LogP contribution in [0.3, 0.4) is 0 Å². The Kier molecular flexibility index (Phi) is 6.87. The van der Waals surface area contributed by atoms with E-state index in [4.69, 9.17) is 14.5 Å². The maximum Gasteiger partial charge on any atom is 0.258 e. The molecule has 0 saturated heterocycles. The summed E-state index contributed by atoms with van der Waals surface area (Å²) in [4.78, 5) is 10.8. The van der Waals surface area contributed by atoms with Crippen molar-refractivity contribution in [3.8, 4) is 34.8 Å². The maximum atomic E-state index is 13.7. The van der Waals surface area contributed by atoms with Crippen LogP contribution in [0, 0.1) is 17.1 Å². The van der Waals surface area contributed by atoms with Crippen molar-refractivity contribution in [3.63, 3.8) is 0 Å². The number of unbranched alkanes of at least 4 members (excludes halogenated alkanes) is 2. The number of benzene rings is 1. The second-order valence-corrected chi connectivity index (χ2v) is 6.83. The van der Waals surface area contributed by atoms with E-state index >= 15 is 0 Å². The van der Waals surface area contributed by atoms with E-state index in [9.17, 15) is 4.39 Å². The molecule has 0 aliphatic carbocycles. The van der Waals surface area contributed by atoms with Gasteiger partial charge in [0.2, 0.25) is 5.82 Å². The SMILES string of the molecule is CN(C)CCCCCOc1cccnc1-c1noc(-c2cc(F)cc(C#N)c2)n1. The highest BCUT2D eigenvalue weighted by atomic mass is 19.1. The molecule has 8 heteroatoms. The van der Waals surface area contributed by atoms with E-state index in [0.29, 0.717) is 23.6 Å². The molecule has 29 heavy (non-hydrogen) atoms. The first-order valence-corrected chi connectivity index (χ1v) is 9.34. The Bertz CT molecular complexity index is 997. The lowest BCUT2D eigenvalue weighted by molar-refractivity contribution is 0.299. The van der Waals surface area contributed by atoms with E-state index in [1.807, 2.05) is 6.07 Å². The van der Waals surface area contributed by atoms with Crippen molar-refractivity contribution in [2.45, 2.75) is 19.3 Å². The van der Waals surface area contributed by atoms with Crippen molar-refractivity contribution in [1.82, 2.24) is 20.0 Å². The van der Waals surface area contributed by atoms with Gasteiger partial charge < -0.3 is 14.2 Å². The van der Waals surface area contributed by atoms with Crippen molar-refractivity contribution >= 4 is 0 Å². The first-order valence-electron chi connectivity index (χ1n) is 9.34. The molecule has 0 atom stereocenters. The molecule has 0 amide bonds. The second kappa shape index (κ2) is 9.75. The Balaban J connectivity index is 1.71. The number of nitriles is 1. The average Bonchev–Trinajstić information content (AvgIpc) is 3.20. The zero-order valence-electron chi connectivity index (χ0n) is 16.4. The van der Waals surface area contributed by atoms with Gasteiger partial charge in [-0.3, -0.25) is 0 Å². The number of pyridine rings is 1. The highest BCUT2D eigenvalue weighted by Crippen LogP contribution is 2.28. The summed E-state index contributed by atoms with van der Waals surface area (Å²) in [6.07, 6.45) is 4.73. The monoisotopic (exact) mass is 395 g/mol. The molecule has 0 bridgehead atoms. The molecule has 1 aromatic carbocycles. The summed E-state index contributed by atoms with van der Waals surface area (Å²) in [7, 11) is 4.12. The molecule has 2 aromatic heterocycles. The van der Waals surface area contributed by atoms with Crippen LogP contribution in [0.4, 0.5) is 4.39 Å². The van der Waals surface area contributed by atoms with Gasteiger partial charge in [0.1, 0.15) is 11.6 Å². The lowest BCUT2D eigenvalue weighted by Crippen LogP contribution is -2.13. The number of hydrogen-bond donors (Lipinski definition) is 0. The summed E-state index contributed by atoms with van der Waals surface area (Å²) in [6.45, 7) is 1.61. The Morgan fingerprint density at radius 2 is 2.07 bits per heavy atom. The summed E-state index contributed by atoms with van der Waals surface area (Å²) in [5, 5.41) is 13.0. The zero-order chi connectivity index (χ0) is 20.6. The Morgan fingerprint density at radius 1 is 1.21 bits per heavy atom. The Hall–Kier alpha value is -3.31. The normalized spacial score (nSPS) is 10.9. The minimum Gasteiger partial charge on any atom is -0.491 e. The van der Waals surface area contributed by atoms with Gasteiger partial charge in [-0.1, -0.05) is 5.16 Å². The molecule has 0 N–H and O–H groups in total. The van der Waals surface area contributed by atoms with Gasteiger partial charge in [-0.05, 0) is 70.2 Å². The molecule has 2 heterocycles. The lowest BCUT2D eigenvalue weighted by atomic mass is 10.1. The molecule has 3 rings (SSSR count). The molecule has 0 unspecified atom stereocenters.